The van der Waals surface area contributed by atoms with Crippen LogP contribution in [0.5, 0.6) is 0 Å². The van der Waals surface area contributed by atoms with Gasteiger partial charge in [-0.15, -0.1) is 0 Å². The number of amides is 1. The van der Waals surface area contributed by atoms with Gasteiger partial charge in [0.25, 0.3) is 0 Å². The van der Waals surface area contributed by atoms with E-state index >= 15 is 0 Å². The Labute approximate surface area is 313 Å². The molecule has 2 unspecified atom stereocenters. The van der Waals surface area contributed by atoms with Gasteiger partial charge in [-0.3, -0.25) is 18.6 Å². The minimum Gasteiger partial charge on any atom is -0.463 e. The van der Waals surface area contributed by atoms with Crippen molar-refractivity contribution >= 4 is 19.7 Å². The van der Waals surface area contributed by atoms with Crippen molar-refractivity contribution in [1.29, 1.82) is 0 Å². The first-order chi connectivity index (χ1) is 24.8. The van der Waals surface area contributed by atoms with Crippen LogP contribution in [0.15, 0.2) is 12.2 Å². The summed E-state index contributed by atoms with van der Waals surface area (Å²) in [5, 5.41) is 12.7. The Bertz CT molecular complexity index is 856. The number of nitrogens with one attached hydrogen (secondary N) is 1. The maximum atomic E-state index is 12.1. The Morgan fingerprint density at radius 1 is 0.588 bits per heavy atom. The van der Waals surface area contributed by atoms with Gasteiger partial charge in [0.2, 0.25) is 5.91 Å². The van der Waals surface area contributed by atoms with E-state index in [0.29, 0.717) is 6.42 Å². The Morgan fingerprint density at radius 3 is 1.53 bits per heavy atom. The minimum absolute atomic E-state index is 0.0854. The number of carbonyl (C=O) groups is 2. The van der Waals surface area contributed by atoms with Crippen LogP contribution < -0.4 is 5.32 Å². The molecule has 302 valence electrons. The summed E-state index contributed by atoms with van der Waals surface area (Å²) in [7, 11) is -4.41. The van der Waals surface area contributed by atoms with E-state index in [4.69, 9.17) is 13.8 Å². The van der Waals surface area contributed by atoms with Gasteiger partial charge >= 0.3 is 13.8 Å². The van der Waals surface area contributed by atoms with Gasteiger partial charge in [-0.1, -0.05) is 174 Å². The lowest BCUT2D eigenvalue weighted by Crippen LogP contribution is -2.27. The van der Waals surface area contributed by atoms with Gasteiger partial charge in [-0.05, 0) is 32.1 Å². The van der Waals surface area contributed by atoms with Crippen molar-refractivity contribution in [2.75, 3.05) is 26.4 Å². The highest BCUT2D eigenvalue weighted by Gasteiger charge is 2.23. The predicted octanol–water partition coefficient (Wildman–Crippen LogP) is 11.4. The topological polar surface area (TPSA) is 131 Å². The number of phosphoric acid groups is 1. The average molecular weight is 746 g/mol. The summed E-state index contributed by atoms with van der Waals surface area (Å²) in [6.07, 6.45) is 38.6. The van der Waals surface area contributed by atoms with Crippen molar-refractivity contribution in [1.82, 2.24) is 5.32 Å². The first-order valence-corrected chi connectivity index (χ1v) is 22.7. The summed E-state index contributed by atoms with van der Waals surface area (Å²) < 4.78 is 26.8. The van der Waals surface area contributed by atoms with E-state index in [0.717, 1.165) is 64.2 Å². The molecule has 0 bridgehead atoms. The third-order valence-corrected chi connectivity index (χ3v) is 10.2. The number of phosphoric ester groups is 1. The standard InChI is InChI=1S/C41H80NO8P/c1-3-5-7-9-11-13-15-16-17-18-19-20-21-22-24-25-27-29-31-33-40(44)42-35-36-49-51(46,47)50-38-39(43)37-48-41(45)34-32-30-28-26-23-14-12-10-8-6-4-2/h10,12,39,43H,3-9,11,13-38H2,1-2H3,(H,42,44)(H,46,47)/b12-10-. The lowest BCUT2D eigenvalue weighted by Gasteiger charge is -2.15. The number of esters is 1. The second-order valence-corrected chi connectivity index (χ2v) is 15.8. The van der Waals surface area contributed by atoms with Crippen molar-refractivity contribution in [3.8, 4) is 0 Å². The number of carbonyl (C=O) groups excluding carboxylic acids is 2. The van der Waals surface area contributed by atoms with E-state index in [1.165, 1.54) is 116 Å². The van der Waals surface area contributed by atoms with Crippen molar-refractivity contribution in [2.24, 2.45) is 0 Å². The quantitative estimate of drug-likeness (QED) is 0.0244. The molecule has 10 heteroatoms. The Kier molecular flexibility index (Phi) is 37.5. The van der Waals surface area contributed by atoms with Crippen LogP contribution in [0.3, 0.4) is 0 Å². The molecule has 2 atom stereocenters. The van der Waals surface area contributed by atoms with E-state index in [9.17, 15) is 24.2 Å². The third kappa shape index (κ3) is 39.8. The van der Waals surface area contributed by atoms with Crippen LogP contribution in [0.1, 0.15) is 206 Å². The molecule has 0 fully saturated rings. The molecule has 9 nitrogen and oxygen atoms in total. The predicted molar refractivity (Wildman–Crippen MR) is 211 cm³/mol. The van der Waals surface area contributed by atoms with Crippen LogP contribution >= 0.6 is 7.82 Å². The zero-order valence-corrected chi connectivity index (χ0v) is 34.0. The van der Waals surface area contributed by atoms with E-state index in [1.54, 1.807) is 0 Å². The summed E-state index contributed by atoms with van der Waals surface area (Å²) in [6.45, 7) is 3.52. The Morgan fingerprint density at radius 2 is 1.02 bits per heavy atom. The monoisotopic (exact) mass is 746 g/mol. The number of hydrogen-bond acceptors (Lipinski definition) is 7. The zero-order chi connectivity index (χ0) is 37.5. The summed E-state index contributed by atoms with van der Waals surface area (Å²) in [6, 6.07) is 0. The van der Waals surface area contributed by atoms with Crippen LogP contribution in [0.4, 0.5) is 0 Å². The molecular weight excluding hydrogens is 665 g/mol. The maximum Gasteiger partial charge on any atom is 0.472 e. The van der Waals surface area contributed by atoms with Gasteiger partial charge in [-0.2, -0.15) is 0 Å². The zero-order valence-electron chi connectivity index (χ0n) is 33.1. The number of unbranched alkanes of at least 4 members (excludes halogenated alkanes) is 25. The molecule has 0 rings (SSSR count). The van der Waals surface area contributed by atoms with E-state index in [2.05, 4.69) is 31.3 Å². The van der Waals surface area contributed by atoms with E-state index < -0.39 is 26.5 Å². The fourth-order valence-corrected chi connectivity index (χ4v) is 6.71. The molecule has 0 aliphatic heterocycles. The molecular formula is C41H80NO8P. The maximum absolute atomic E-state index is 12.1. The fourth-order valence-electron chi connectivity index (χ4n) is 5.95. The molecule has 0 radical (unpaired) electrons. The molecule has 0 aromatic rings. The van der Waals surface area contributed by atoms with Crippen LogP contribution in [0.25, 0.3) is 0 Å². The smallest absolute Gasteiger partial charge is 0.463 e. The van der Waals surface area contributed by atoms with E-state index in [1.807, 2.05) is 0 Å². The molecule has 0 saturated carbocycles. The molecule has 0 aromatic carbocycles. The van der Waals surface area contributed by atoms with Crippen LogP contribution in [-0.4, -0.2) is 54.3 Å². The highest BCUT2D eigenvalue weighted by molar-refractivity contribution is 7.47. The number of aliphatic hydroxyl groups excluding tert-OH is 1. The first kappa shape index (κ1) is 49.8. The lowest BCUT2D eigenvalue weighted by atomic mass is 10.0. The highest BCUT2D eigenvalue weighted by Crippen LogP contribution is 2.42. The fraction of sp³-hybridized carbons (Fsp3) is 0.902. The Balaban J connectivity index is 3.55. The molecule has 0 saturated heterocycles. The molecule has 0 aliphatic rings. The summed E-state index contributed by atoms with van der Waals surface area (Å²) in [5.41, 5.74) is 0. The highest BCUT2D eigenvalue weighted by atomic mass is 31.2. The second-order valence-electron chi connectivity index (χ2n) is 14.3. The van der Waals surface area contributed by atoms with E-state index in [-0.39, 0.29) is 32.1 Å². The molecule has 1 amide bonds. The van der Waals surface area contributed by atoms with Gasteiger partial charge < -0.3 is 20.1 Å². The van der Waals surface area contributed by atoms with Crippen LogP contribution in [-0.2, 0) is 27.9 Å². The number of hydrogen-bond donors (Lipinski definition) is 3. The van der Waals surface area contributed by atoms with Gasteiger partial charge in [0, 0.05) is 19.4 Å². The summed E-state index contributed by atoms with van der Waals surface area (Å²) in [5.74, 6) is -0.519. The normalized spacial score (nSPS) is 13.4. The number of ether oxygens (including phenoxy) is 1. The van der Waals surface area contributed by atoms with Gasteiger partial charge in [0.15, 0.2) is 0 Å². The Hall–Kier alpha value is -1.25. The van der Waals surface area contributed by atoms with Crippen LogP contribution in [0.2, 0.25) is 0 Å². The van der Waals surface area contributed by atoms with Crippen molar-refractivity contribution in [3.63, 3.8) is 0 Å². The first-order valence-electron chi connectivity index (χ1n) is 21.2. The molecule has 0 spiro atoms. The summed E-state index contributed by atoms with van der Waals surface area (Å²) in [4.78, 5) is 33.8. The molecule has 3 N–H and O–H groups in total. The third-order valence-electron chi connectivity index (χ3n) is 9.20. The number of aliphatic hydroxyl groups is 1. The van der Waals surface area contributed by atoms with Crippen molar-refractivity contribution in [2.45, 2.75) is 213 Å². The minimum atomic E-state index is -4.41. The second kappa shape index (κ2) is 38.5. The molecule has 0 aromatic heterocycles. The average Bonchev–Trinajstić information content (AvgIpc) is 3.11. The van der Waals surface area contributed by atoms with Crippen molar-refractivity contribution in [3.05, 3.63) is 12.2 Å². The number of rotatable bonds is 40. The largest absolute Gasteiger partial charge is 0.472 e. The summed E-state index contributed by atoms with van der Waals surface area (Å²) >= 11 is 0. The van der Waals surface area contributed by atoms with Gasteiger partial charge in [0.1, 0.15) is 12.7 Å². The molecule has 51 heavy (non-hydrogen) atoms. The SMILES string of the molecule is CCCC/C=C\CCCCCCCC(=O)OCC(O)COP(=O)(O)OCCNC(=O)CCCCCCCCCCCCCCCCCCCCC. The van der Waals surface area contributed by atoms with Gasteiger partial charge in [-0.25, -0.2) is 4.57 Å². The number of allylic oxidation sites excluding steroid dienone is 2. The molecule has 0 aliphatic carbocycles. The van der Waals surface area contributed by atoms with Crippen LogP contribution in [0, 0.1) is 0 Å². The van der Waals surface area contributed by atoms with Crippen molar-refractivity contribution < 1.29 is 37.9 Å². The van der Waals surface area contributed by atoms with Gasteiger partial charge in [0.05, 0.1) is 13.2 Å². The lowest BCUT2D eigenvalue weighted by molar-refractivity contribution is -0.147. The molecule has 0 heterocycles.